The van der Waals surface area contributed by atoms with Gasteiger partial charge in [-0.15, -0.1) is 0 Å². The summed E-state index contributed by atoms with van der Waals surface area (Å²) < 4.78 is 1.89. The molecule has 2 rings (SSSR count). The van der Waals surface area contributed by atoms with Gasteiger partial charge in [-0.05, 0) is 31.9 Å². The van der Waals surface area contributed by atoms with Crippen molar-refractivity contribution < 1.29 is 0 Å². The normalized spacial score (nSPS) is 13.2. The molecule has 0 amide bonds. The van der Waals surface area contributed by atoms with Crippen molar-refractivity contribution in [3.8, 4) is 0 Å². The molecule has 3 nitrogen and oxygen atoms in total. The van der Waals surface area contributed by atoms with Crippen molar-refractivity contribution in [2.45, 2.75) is 46.0 Å². The van der Waals surface area contributed by atoms with Crippen LogP contribution in [0.15, 0.2) is 18.3 Å². The molecule has 2 heterocycles. The Morgan fingerprint density at radius 1 is 1.31 bits per heavy atom. The standard InChI is InChI=1S/C13H19N3/c1-4-6-11(5-2)12-7-8-13-14-10(3)9-16(13)15-12/h7-9,11H,4-6H2,1-3H3. The van der Waals surface area contributed by atoms with E-state index in [4.69, 9.17) is 0 Å². The van der Waals surface area contributed by atoms with Gasteiger partial charge in [-0.2, -0.15) is 5.10 Å². The Morgan fingerprint density at radius 2 is 2.12 bits per heavy atom. The van der Waals surface area contributed by atoms with Crippen LogP contribution in [0.25, 0.3) is 5.65 Å². The number of nitrogens with zero attached hydrogens (tertiary/aromatic N) is 3. The second-order valence-electron chi connectivity index (χ2n) is 4.34. The molecule has 0 saturated heterocycles. The minimum atomic E-state index is 0.581. The quantitative estimate of drug-likeness (QED) is 0.786. The number of rotatable bonds is 4. The lowest BCUT2D eigenvalue weighted by atomic mass is 9.97. The SMILES string of the molecule is CCCC(CC)c1ccc2nc(C)cn2n1. The summed E-state index contributed by atoms with van der Waals surface area (Å²) in [5.41, 5.74) is 3.15. The molecule has 0 aliphatic rings. The predicted molar refractivity (Wildman–Crippen MR) is 65.7 cm³/mol. The zero-order valence-electron chi connectivity index (χ0n) is 10.3. The molecule has 3 heteroatoms. The van der Waals surface area contributed by atoms with E-state index in [-0.39, 0.29) is 0 Å². The van der Waals surface area contributed by atoms with Crippen molar-refractivity contribution in [3.63, 3.8) is 0 Å². The van der Waals surface area contributed by atoms with Crippen LogP contribution in [-0.4, -0.2) is 14.6 Å². The highest BCUT2D eigenvalue weighted by atomic mass is 15.2. The molecule has 0 fully saturated rings. The van der Waals surface area contributed by atoms with Gasteiger partial charge in [0.1, 0.15) is 0 Å². The molecule has 0 aliphatic carbocycles. The number of fused-ring (bicyclic) bond motifs is 1. The molecule has 0 spiro atoms. The summed E-state index contributed by atoms with van der Waals surface area (Å²) in [6.45, 7) is 6.45. The molecule has 0 aliphatic heterocycles. The Labute approximate surface area is 96.5 Å². The first kappa shape index (κ1) is 11.1. The van der Waals surface area contributed by atoms with E-state index in [1.54, 1.807) is 0 Å². The van der Waals surface area contributed by atoms with Crippen LogP contribution in [0.5, 0.6) is 0 Å². The van der Waals surface area contributed by atoms with Gasteiger partial charge < -0.3 is 0 Å². The van der Waals surface area contributed by atoms with Crippen molar-refractivity contribution in [3.05, 3.63) is 29.7 Å². The van der Waals surface area contributed by atoms with Gasteiger partial charge in [0.05, 0.1) is 17.6 Å². The minimum Gasteiger partial charge on any atom is -0.232 e. The van der Waals surface area contributed by atoms with Crippen molar-refractivity contribution in [2.75, 3.05) is 0 Å². The van der Waals surface area contributed by atoms with Gasteiger partial charge in [0.2, 0.25) is 0 Å². The molecule has 0 radical (unpaired) electrons. The number of aryl methyl sites for hydroxylation is 1. The first-order valence-corrected chi connectivity index (χ1v) is 6.07. The molecule has 0 N–H and O–H groups in total. The maximum atomic E-state index is 4.64. The third kappa shape index (κ3) is 2.08. The van der Waals surface area contributed by atoms with E-state index in [1.807, 2.05) is 17.6 Å². The Bertz CT molecular complexity index is 473. The van der Waals surface area contributed by atoms with Gasteiger partial charge in [-0.25, -0.2) is 9.50 Å². The second kappa shape index (κ2) is 4.64. The molecule has 1 unspecified atom stereocenters. The zero-order chi connectivity index (χ0) is 11.5. The van der Waals surface area contributed by atoms with Crippen LogP contribution in [0.2, 0.25) is 0 Å². The molecule has 0 bridgehead atoms. The monoisotopic (exact) mass is 217 g/mol. The summed E-state index contributed by atoms with van der Waals surface area (Å²) in [6.07, 6.45) is 5.56. The van der Waals surface area contributed by atoms with Gasteiger partial charge in [0.15, 0.2) is 5.65 Å². The van der Waals surface area contributed by atoms with Crippen LogP contribution < -0.4 is 0 Å². The maximum Gasteiger partial charge on any atom is 0.153 e. The average molecular weight is 217 g/mol. The fourth-order valence-electron chi connectivity index (χ4n) is 2.14. The summed E-state index contributed by atoms with van der Waals surface area (Å²) >= 11 is 0. The highest BCUT2D eigenvalue weighted by molar-refractivity contribution is 5.38. The number of hydrogen-bond donors (Lipinski definition) is 0. The Morgan fingerprint density at radius 3 is 2.81 bits per heavy atom. The number of hydrogen-bond acceptors (Lipinski definition) is 2. The Hall–Kier alpha value is -1.38. The fraction of sp³-hybridized carbons (Fsp3) is 0.538. The van der Waals surface area contributed by atoms with Gasteiger partial charge >= 0.3 is 0 Å². The molecular weight excluding hydrogens is 198 g/mol. The third-order valence-corrected chi connectivity index (χ3v) is 3.01. The fourth-order valence-corrected chi connectivity index (χ4v) is 2.14. The molecule has 2 aromatic rings. The van der Waals surface area contributed by atoms with Crippen molar-refractivity contribution in [1.82, 2.24) is 14.6 Å². The minimum absolute atomic E-state index is 0.581. The van der Waals surface area contributed by atoms with E-state index >= 15 is 0 Å². The smallest absolute Gasteiger partial charge is 0.153 e. The lowest BCUT2D eigenvalue weighted by Gasteiger charge is -2.12. The third-order valence-electron chi connectivity index (χ3n) is 3.01. The summed E-state index contributed by atoms with van der Waals surface area (Å²) in [7, 11) is 0. The van der Waals surface area contributed by atoms with Crippen molar-refractivity contribution in [1.29, 1.82) is 0 Å². The summed E-state index contributed by atoms with van der Waals surface area (Å²) in [5, 5.41) is 4.64. The van der Waals surface area contributed by atoms with Gasteiger partial charge in [-0.1, -0.05) is 20.3 Å². The highest BCUT2D eigenvalue weighted by Gasteiger charge is 2.11. The van der Waals surface area contributed by atoms with E-state index in [9.17, 15) is 0 Å². The number of imidazole rings is 1. The number of aromatic nitrogens is 3. The zero-order valence-corrected chi connectivity index (χ0v) is 10.3. The average Bonchev–Trinajstić information content (AvgIpc) is 2.64. The van der Waals surface area contributed by atoms with Crippen molar-refractivity contribution >= 4 is 5.65 Å². The van der Waals surface area contributed by atoms with Gasteiger partial charge in [0.25, 0.3) is 0 Å². The molecule has 0 saturated carbocycles. The molecular formula is C13H19N3. The van der Waals surface area contributed by atoms with E-state index < -0.39 is 0 Å². The van der Waals surface area contributed by atoms with E-state index in [0.29, 0.717) is 5.92 Å². The van der Waals surface area contributed by atoms with E-state index in [1.165, 1.54) is 18.5 Å². The highest BCUT2D eigenvalue weighted by Crippen LogP contribution is 2.22. The first-order valence-electron chi connectivity index (χ1n) is 6.07. The Kier molecular flexibility index (Phi) is 3.22. The molecule has 16 heavy (non-hydrogen) atoms. The van der Waals surface area contributed by atoms with Crippen LogP contribution in [0, 0.1) is 6.92 Å². The lowest BCUT2D eigenvalue weighted by molar-refractivity contribution is 0.570. The first-order chi connectivity index (χ1) is 7.74. The summed E-state index contributed by atoms with van der Waals surface area (Å²) in [6, 6.07) is 4.18. The Balaban J connectivity index is 2.36. The van der Waals surface area contributed by atoms with Gasteiger partial charge in [0, 0.05) is 5.92 Å². The van der Waals surface area contributed by atoms with Crippen LogP contribution >= 0.6 is 0 Å². The maximum absolute atomic E-state index is 4.64. The second-order valence-corrected chi connectivity index (χ2v) is 4.34. The molecule has 2 aromatic heterocycles. The largest absolute Gasteiger partial charge is 0.232 e. The van der Waals surface area contributed by atoms with Crippen molar-refractivity contribution in [2.24, 2.45) is 0 Å². The van der Waals surface area contributed by atoms with E-state index in [0.717, 1.165) is 17.8 Å². The topological polar surface area (TPSA) is 30.2 Å². The van der Waals surface area contributed by atoms with Crippen LogP contribution in [0.3, 0.4) is 0 Å². The predicted octanol–water partition coefficient (Wildman–Crippen LogP) is 3.33. The van der Waals surface area contributed by atoms with Crippen LogP contribution in [0.4, 0.5) is 0 Å². The summed E-state index contributed by atoms with van der Waals surface area (Å²) in [5.74, 6) is 0.581. The molecule has 86 valence electrons. The summed E-state index contributed by atoms with van der Waals surface area (Å²) in [4.78, 5) is 4.39. The molecule has 1 atom stereocenters. The van der Waals surface area contributed by atoms with Crippen LogP contribution in [0.1, 0.15) is 50.4 Å². The van der Waals surface area contributed by atoms with Crippen LogP contribution in [-0.2, 0) is 0 Å². The molecule has 0 aromatic carbocycles. The van der Waals surface area contributed by atoms with E-state index in [2.05, 4.69) is 36.1 Å². The lowest BCUT2D eigenvalue weighted by Crippen LogP contribution is -2.03. The van der Waals surface area contributed by atoms with Gasteiger partial charge in [-0.3, -0.25) is 0 Å².